The molecule has 0 aliphatic rings. The molecule has 3 aromatic rings. The Hall–Kier alpha value is -2.69. The molecule has 5 heteroatoms. The number of aromatic nitrogens is 2. The first-order valence-electron chi connectivity index (χ1n) is 5.35. The van der Waals surface area contributed by atoms with Crippen molar-refractivity contribution in [2.24, 2.45) is 0 Å². The van der Waals surface area contributed by atoms with Gasteiger partial charge in [-0.1, -0.05) is 12.1 Å². The Morgan fingerprint density at radius 2 is 1.67 bits per heavy atom. The van der Waals surface area contributed by atoms with Crippen LogP contribution in [-0.2, 0) is 0 Å². The number of carboxylic acid groups (broad SMARTS) is 1. The van der Waals surface area contributed by atoms with E-state index in [2.05, 4.69) is 9.97 Å². The van der Waals surface area contributed by atoms with E-state index in [0.717, 1.165) is 5.52 Å². The molecule has 0 spiro atoms. The summed E-state index contributed by atoms with van der Waals surface area (Å²) in [6, 6.07) is 10.5. The van der Waals surface area contributed by atoms with Crippen LogP contribution in [0, 0.1) is 0 Å². The van der Waals surface area contributed by atoms with Crippen molar-refractivity contribution >= 4 is 33.7 Å². The van der Waals surface area contributed by atoms with Crippen LogP contribution >= 0.6 is 0 Å². The lowest BCUT2D eigenvalue weighted by Crippen LogP contribution is -2.04. The fourth-order valence-corrected chi connectivity index (χ4v) is 1.89. The Bertz CT molecular complexity index is 784. The minimum absolute atomic E-state index is 0.0482. The minimum atomic E-state index is -1.07. The molecule has 1 aromatic heterocycles. The highest BCUT2D eigenvalue weighted by molar-refractivity contribution is 6.03. The van der Waals surface area contributed by atoms with Crippen molar-refractivity contribution in [2.75, 3.05) is 5.73 Å². The molecule has 0 atom stereocenters. The molecule has 3 N–H and O–H groups in total. The van der Waals surface area contributed by atoms with Crippen LogP contribution < -0.4 is 5.73 Å². The van der Waals surface area contributed by atoms with Gasteiger partial charge in [0.15, 0.2) is 0 Å². The van der Waals surface area contributed by atoms with Gasteiger partial charge in [0.05, 0.1) is 27.8 Å². The van der Waals surface area contributed by atoms with Crippen molar-refractivity contribution < 1.29 is 9.90 Å². The average molecular weight is 239 g/mol. The van der Waals surface area contributed by atoms with Crippen molar-refractivity contribution in [1.82, 2.24) is 9.97 Å². The van der Waals surface area contributed by atoms with E-state index in [9.17, 15) is 4.79 Å². The number of nitrogens with zero attached hydrogens (tertiary/aromatic N) is 2. The summed E-state index contributed by atoms with van der Waals surface area (Å²) in [5.74, 6) is -1.07. The number of carboxylic acids is 1. The molecule has 5 nitrogen and oxygen atoms in total. The number of carbonyl (C=O) groups is 1. The van der Waals surface area contributed by atoms with Crippen molar-refractivity contribution in [3.8, 4) is 0 Å². The summed E-state index contributed by atoms with van der Waals surface area (Å²) in [6.45, 7) is 0. The molecule has 0 aliphatic heterocycles. The molecule has 88 valence electrons. The van der Waals surface area contributed by atoms with Gasteiger partial charge in [-0.2, -0.15) is 0 Å². The van der Waals surface area contributed by atoms with Gasteiger partial charge in [-0.25, -0.2) is 14.8 Å². The SMILES string of the molecule is Nc1c(C(=O)O)ccc2nc3ccccc3nc12. The maximum Gasteiger partial charge on any atom is 0.337 e. The number of rotatable bonds is 1. The summed E-state index contributed by atoms with van der Waals surface area (Å²) < 4.78 is 0. The minimum Gasteiger partial charge on any atom is -0.478 e. The first-order valence-corrected chi connectivity index (χ1v) is 5.35. The zero-order chi connectivity index (χ0) is 12.7. The van der Waals surface area contributed by atoms with E-state index >= 15 is 0 Å². The maximum atomic E-state index is 11.0. The highest BCUT2D eigenvalue weighted by atomic mass is 16.4. The Kier molecular flexibility index (Phi) is 2.13. The third kappa shape index (κ3) is 1.45. The van der Waals surface area contributed by atoms with Crippen molar-refractivity contribution in [3.05, 3.63) is 42.0 Å². The highest BCUT2D eigenvalue weighted by Gasteiger charge is 2.12. The summed E-state index contributed by atoms with van der Waals surface area (Å²) in [4.78, 5) is 19.8. The van der Waals surface area contributed by atoms with E-state index in [0.29, 0.717) is 16.6 Å². The predicted octanol–water partition coefficient (Wildman–Crippen LogP) is 2.06. The summed E-state index contributed by atoms with van der Waals surface area (Å²) in [5.41, 5.74) is 8.50. The second kappa shape index (κ2) is 3.66. The molecule has 0 saturated heterocycles. The molecule has 18 heavy (non-hydrogen) atoms. The van der Waals surface area contributed by atoms with E-state index < -0.39 is 5.97 Å². The van der Waals surface area contributed by atoms with E-state index in [4.69, 9.17) is 10.8 Å². The Labute approximate surface area is 102 Å². The lowest BCUT2D eigenvalue weighted by Gasteiger charge is -2.05. The van der Waals surface area contributed by atoms with Gasteiger partial charge in [0.2, 0.25) is 0 Å². The number of nitrogen functional groups attached to an aromatic ring is 1. The number of hydrogen-bond donors (Lipinski definition) is 2. The van der Waals surface area contributed by atoms with Gasteiger partial charge in [-0.3, -0.25) is 0 Å². The topological polar surface area (TPSA) is 89.1 Å². The first kappa shape index (κ1) is 10.5. The average Bonchev–Trinajstić information content (AvgIpc) is 2.37. The number of nitrogens with two attached hydrogens (primary N) is 1. The number of benzene rings is 2. The molecule has 0 saturated carbocycles. The molecule has 0 unspecified atom stereocenters. The Morgan fingerprint density at radius 1 is 1.00 bits per heavy atom. The number of aromatic carboxylic acids is 1. The predicted molar refractivity (Wildman–Crippen MR) is 68.4 cm³/mol. The lowest BCUT2D eigenvalue weighted by atomic mass is 10.1. The van der Waals surface area contributed by atoms with Gasteiger partial charge in [0, 0.05) is 0 Å². The molecule has 0 amide bonds. The van der Waals surface area contributed by atoms with Crippen molar-refractivity contribution in [1.29, 1.82) is 0 Å². The zero-order valence-electron chi connectivity index (χ0n) is 9.29. The fourth-order valence-electron chi connectivity index (χ4n) is 1.89. The molecule has 1 heterocycles. The number of hydrogen-bond acceptors (Lipinski definition) is 4. The number of anilines is 1. The molecule has 0 radical (unpaired) electrons. The molecule has 0 aliphatic carbocycles. The van der Waals surface area contributed by atoms with Crippen LogP contribution in [0.2, 0.25) is 0 Å². The molecule has 0 bridgehead atoms. The van der Waals surface area contributed by atoms with Gasteiger partial charge < -0.3 is 10.8 Å². The van der Waals surface area contributed by atoms with Crippen LogP contribution in [0.5, 0.6) is 0 Å². The van der Waals surface area contributed by atoms with Gasteiger partial charge in [-0.05, 0) is 24.3 Å². The maximum absolute atomic E-state index is 11.0. The number of para-hydroxylation sites is 2. The van der Waals surface area contributed by atoms with Crippen LogP contribution in [-0.4, -0.2) is 21.0 Å². The second-order valence-electron chi connectivity index (χ2n) is 3.91. The van der Waals surface area contributed by atoms with Crippen LogP contribution in [0.4, 0.5) is 5.69 Å². The molecular weight excluding hydrogens is 230 g/mol. The monoisotopic (exact) mass is 239 g/mol. The van der Waals surface area contributed by atoms with Crippen LogP contribution in [0.25, 0.3) is 22.1 Å². The van der Waals surface area contributed by atoms with Crippen molar-refractivity contribution in [2.45, 2.75) is 0 Å². The third-order valence-electron chi connectivity index (χ3n) is 2.78. The summed E-state index contributed by atoms with van der Waals surface area (Å²) >= 11 is 0. The van der Waals surface area contributed by atoms with Gasteiger partial charge in [-0.15, -0.1) is 0 Å². The first-order chi connectivity index (χ1) is 8.66. The van der Waals surface area contributed by atoms with Crippen LogP contribution in [0.3, 0.4) is 0 Å². The van der Waals surface area contributed by atoms with Gasteiger partial charge >= 0.3 is 5.97 Å². The van der Waals surface area contributed by atoms with Crippen LogP contribution in [0.1, 0.15) is 10.4 Å². The molecule has 3 rings (SSSR count). The van der Waals surface area contributed by atoms with E-state index in [1.54, 1.807) is 6.07 Å². The van der Waals surface area contributed by atoms with E-state index in [1.807, 2.05) is 24.3 Å². The van der Waals surface area contributed by atoms with Crippen molar-refractivity contribution in [3.63, 3.8) is 0 Å². The lowest BCUT2D eigenvalue weighted by molar-refractivity contribution is 0.0698. The van der Waals surface area contributed by atoms with Crippen LogP contribution in [0.15, 0.2) is 36.4 Å². The molecule has 2 aromatic carbocycles. The van der Waals surface area contributed by atoms with Gasteiger partial charge in [0.25, 0.3) is 0 Å². The summed E-state index contributed by atoms with van der Waals surface area (Å²) in [6.07, 6.45) is 0. The Morgan fingerprint density at radius 3 is 2.33 bits per heavy atom. The zero-order valence-corrected chi connectivity index (χ0v) is 9.29. The van der Waals surface area contributed by atoms with E-state index in [1.165, 1.54) is 6.07 Å². The summed E-state index contributed by atoms with van der Waals surface area (Å²) in [5, 5.41) is 9.01. The largest absolute Gasteiger partial charge is 0.478 e. The third-order valence-corrected chi connectivity index (χ3v) is 2.78. The fraction of sp³-hybridized carbons (Fsp3) is 0. The standard InChI is InChI=1S/C13H9N3O2/c14-11-7(13(17)18)5-6-10-12(11)16-9-4-2-1-3-8(9)15-10/h1-6H,14H2,(H,17,18). The van der Waals surface area contributed by atoms with E-state index in [-0.39, 0.29) is 11.3 Å². The molecule has 0 fully saturated rings. The Balaban J connectivity index is 2.44. The smallest absolute Gasteiger partial charge is 0.337 e. The van der Waals surface area contributed by atoms with Gasteiger partial charge in [0.1, 0.15) is 5.52 Å². The molecular formula is C13H9N3O2. The normalized spacial score (nSPS) is 10.9. The summed E-state index contributed by atoms with van der Waals surface area (Å²) in [7, 11) is 0. The quantitative estimate of drug-likeness (QED) is 0.501. The second-order valence-corrected chi connectivity index (χ2v) is 3.91. The highest BCUT2D eigenvalue weighted by Crippen LogP contribution is 2.24. The number of fused-ring (bicyclic) bond motifs is 2.